The van der Waals surface area contributed by atoms with Crippen molar-refractivity contribution in [2.45, 2.75) is 26.2 Å². The summed E-state index contributed by atoms with van der Waals surface area (Å²) in [4.78, 5) is 2.38. The Morgan fingerprint density at radius 1 is 1.15 bits per heavy atom. The van der Waals surface area contributed by atoms with E-state index in [1.165, 1.54) is 32.4 Å². The standard InChI is InChI=1S/C12H17N/c1-2-3-5-11-6-4-7-12(11)10-13-8-9-13/h2-3,5,10H,4,6-9H2,1H3/b3-2+,11-5-,12-10-. The molecule has 2 aliphatic rings. The molecule has 0 amide bonds. The first-order chi connectivity index (χ1) is 6.40. The van der Waals surface area contributed by atoms with E-state index >= 15 is 0 Å². The fourth-order valence-corrected chi connectivity index (χ4v) is 1.75. The Hall–Kier alpha value is -0.980. The van der Waals surface area contributed by atoms with E-state index in [2.05, 4.69) is 36.3 Å². The average molecular weight is 175 g/mol. The monoisotopic (exact) mass is 175 g/mol. The maximum absolute atomic E-state index is 2.38. The number of hydrogen-bond donors (Lipinski definition) is 0. The molecule has 0 spiro atoms. The van der Waals surface area contributed by atoms with Crippen LogP contribution in [0.3, 0.4) is 0 Å². The lowest BCUT2D eigenvalue weighted by Gasteiger charge is -2.00. The minimum Gasteiger partial charge on any atom is -0.374 e. The highest BCUT2D eigenvalue weighted by Gasteiger charge is 2.18. The van der Waals surface area contributed by atoms with Gasteiger partial charge >= 0.3 is 0 Å². The maximum atomic E-state index is 2.38. The van der Waals surface area contributed by atoms with Gasteiger partial charge in [0.2, 0.25) is 0 Å². The zero-order chi connectivity index (χ0) is 9.10. The first-order valence-corrected chi connectivity index (χ1v) is 5.17. The van der Waals surface area contributed by atoms with Crippen LogP contribution in [0.15, 0.2) is 35.6 Å². The summed E-state index contributed by atoms with van der Waals surface area (Å²) in [6.45, 7) is 4.60. The second-order valence-electron chi connectivity index (χ2n) is 3.76. The summed E-state index contributed by atoms with van der Waals surface area (Å²) in [5.74, 6) is 0. The van der Waals surface area contributed by atoms with E-state index in [-0.39, 0.29) is 0 Å². The molecule has 1 aliphatic heterocycles. The molecule has 0 aromatic heterocycles. The zero-order valence-electron chi connectivity index (χ0n) is 8.29. The van der Waals surface area contributed by atoms with Gasteiger partial charge in [-0.25, -0.2) is 0 Å². The minimum absolute atomic E-state index is 1.26. The van der Waals surface area contributed by atoms with Crippen molar-refractivity contribution in [3.05, 3.63) is 35.6 Å². The van der Waals surface area contributed by atoms with E-state index in [0.717, 1.165) is 0 Å². The summed E-state index contributed by atoms with van der Waals surface area (Å²) in [5.41, 5.74) is 3.11. The summed E-state index contributed by atoms with van der Waals surface area (Å²) in [5, 5.41) is 0. The van der Waals surface area contributed by atoms with Crippen LogP contribution in [0.4, 0.5) is 0 Å². The Morgan fingerprint density at radius 3 is 2.62 bits per heavy atom. The van der Waals surface area contributed by atoms with Crippen LogP contribution in [-0.4, -0.2) is 18.0 Å². The maximum Gasteiger partial charge on any atom is 0.0349 e. The van der Waals surface area contributed by atoms with Crippen molar-refractivity contribution in [1.29, 1.82) is 0 Å². The van der Waals surface area contributed by atoms with Crippen LogP contribution in [0.25, 0.3) is 0 Å². The van der Waals surface area contributed by atoms with E-state index in [1.54, 1.807) is 11.1 Å². The van der Waals surface area contributed by atoms with Gasteiger partial charge in [-0.1, -0.05) is 18.2 Å². The summed E-state index contributed by atoms with van der Waals surface area (Å²) < 4.78 is 0. The number of allylic oxidation sites excluding steroid dienone is 5. The van der Waals surface area contributed by atoms with E-state index in [0.29, 0.717) is 0 Å². The van der Waals surface area contributed by atoms with Crippen molar-refractivity contribution in [3.63, 3.8) is 0 Å². The number of nitrogens with zero attached hydrogens (tertiary/aromatic N) is 1. The molecule has 0 unspecified atom stereocenters. The molecule has 0 radical (unpaired) electrons. The van der Waals surface area contributed by atoms with Crippen molar-refractivity contribution in [2.75, 3.05) is 13.1 Å². The van der Waals surface area contributed by atoms with Crippen LogP contribution in [0.5, 0.6) is 0 Å². The topological polar surface area (TPSA) is 3.01 Å². The SMILES string of the molecule is C/C=C/C=C1/CCC/C1=C/N1CC1. The first kappa shape index (κ1) is 8.61. The average Bonchev–Trinajstić information content (AvgIpc) is 2.82. The predicted molar refractivity (Wildman–Crippen MR) is 56.4 cm³/mol. The summed E-state index contributed by atoms with van der Waals surface area (Å²) in [6.07, 6.45) is 12.7. The molecule has 2 fully saturated rings. The van der Waals surface area contributed by atoms with Gasteiger partial charge in [-0.2, -0.15) is 0 Å². The van der Waals surface area contributed by atoms with Gasteiger partial charge in [0.1, 0.15) is 0 Å². The van der Waals surface area contributed by atoms with Gasteiger partial charge in [0.15, 0.2) is 0 Å². The Bertz CT molecular complexity index is 267. The van der Waals surface area contributed by atoms with Gasteiger partial charge in [0, 0.05) is 19.3 Å². The van der Waals surface area contributed by atoms with Gasteiger partial charge in [0.05, 0.1) is 0 Å². The molecule has 0 N–H and O–H groups in total. The summed E-state index contributed by atoms with van der Waals surface area (Å²) >= 11 is 0. The second-order valence-corrected chi connectivity index (χ2v) is 3.76. The van der Waals surface area contributed by atoms with Crippen LogP contribution >= 0.6 is 0 Å². The van der Waals surface area contributed by atoms with E-state index in [4.69, 9.17) is 0 Å². The van der Waals surface area contributed by atoms with Gasteiger partial charge in [-0.3, -0.25) is 0 Å². The van der Waals surface area contributed by atoms with Crippen LogP contribution in [0.1, 0.15) is 26.2 Å². The number of rotatable bonds is 2. The largest absolute Gasteiger partial charge is 0.374 e. The lowest BCUT2D eigenvalue weighted by Crippen LogP contribution is -1.86. The smallest absolute Gasteiger partial charge is 0.0349 e. The van der Waals surface area contributed by atoms with Gasteiger partial charge < -0.3 is 4.90 Å². The quantitative estimate of drug-likeness (QED) is 0.583. The number of hydrogen-bond acceptors (Lipinski definition) is 1. The molecule has 70 valence electrons. The predicted octanol–water partition coefficient (Wildman–Crippen LogP) is 2.87. The molecule has 0 aromatic rings. The van der Waals surface area contributed by atoms with Crippen LogP contribution in [0, 0.1) is 0 Å². The van der Waals surface area contributed by atoms with Gasteiger partial charge in [-0.05, 0) is 37.3 Å². The molecule has 2 rings (SSSR count). The molecule has 1 saturated heterocycles. The Kier molecular flexibility index (Phi) is 2.53. The van der Waals surface area contributed by atoms with Crippen molar-refractivity contribution in [2.24, 2.45) is 0 Å². The highest BCUT2D eigenvalue weighted by molar-refractivity contribution is 5.37. The van der Waals surface area contributed by atoms with Crippen LogP contribution < -0.4 is 0 Å². The Labute approximate surface area is 80.4 Å². The third-order valence-electron chi connectivity index (χ3n) is 2.61. The highest BCUT2D eigenvalue weighted by atomic mass is 15.2. The highest BCUT2D eigenvalue weighted by Crippen LogP contribution is 2.31. The van der Waals surface area contributed by atoms with E-state index in [1.807, 2.05) is 0 Å². The molecular formula is C12H17N. The molecule has 1 heteroatoms. The third kappa shape index (κ3) is 2.24. The molecular weight excluding hydrogens is 158 g/mol. The van der Waals surface area contributed by atoms with Crippen LogP contribution in [0.2, 0.25) is 0 Å². The summed E-state index contributed by atoms with van der Waals surface area (Å²) in [6, 6.07) is 0. The molecule has 1 heterocycles. The first-order valence-electron chi connectivity index (χ1n) is 5.17. The van der Waals surface area contributed by atoms with Crippen molar-refractivity contribution >= 4 is 0 Å². The van der Waals surface area contributed by atoms with Crippen molar-refractivity contribution in [1.82, 2.24) is 4.90 Å². The van der Waals surface area contributed by atoms with Crippen molar-refractivity contribution in [3.8, 4) is 0 Å². The fraction of sp³-hybridized carbons (Fsp3) is 0.500. The lowest BCUT2D eigenvalue weighted by atomic mass is 10.1. The summed E-state index contributed by atoms with van der Waals surface area (Å²) in [7, 11) is 0. The van der Waals surface area contributed by atoms with Gasteiger partial charge in [-0.15, -0.1) is 0 Å². The van der Waals surface area contributed by atoms with Gasteiger partial charge in [0.25, 0.3) is 0 Å². The molecule has 1 aliphatic carbocycles. The van der Waals surface area contributed by atoms with E-state index in [9.17, 15) is 0 Å². The zero-order valence-corrected chi connectivity index (χ0v) is 8.29. The minimum atomic E-state index is 1.26. The molecule has 0 bridgehead atoms. The molecule has 0 aromatic carbocycles. The molecule has 0 atom stereocenters. The lowest BCUT2D eigenvalue weighted by molar-refractivity contribution is 0.758. The third-order valence-corrected chi connectivity index (χ3v) is 2.61. The van der Waals surface area contributed by atoms with E-state index < -0.39 is 0 Å². The molecule has 1 saturated carbocycles. The Balaban J connectivity index is 2.08. The van der Waals surface area contributed by atoms with Crippen LogP contribution in [-0.2, 0) is 0 Å². The van der Waals surface area contributed by atoms with Crippen molar-refractivity contribution < 1.29 is 0 Å². The fourth-order valence-electron chi connectivity index (χ4n) is 1.75. The Morgan fingerprint density at radius 2 is 1.92 bits per heavy atom. The molecule has 1 nitrogen and oxygen atoms in total. The normalized spacial score (nSPS) is 28.2. The second kappa shape index (κ2) is 3.82. The molecule has 13 heavy (non-hydrogen) atoms.